The molecule has 3 aromatic rings. The number of benzene rings is 2. The van der Waals surface area contributed by atoms with Gasteiger partial charge < -0.3 is 4.57 Å². The number of non-ortho nitro benzene ring substituents is 1. The number of amides is 1. The van der Waals surface area contributed by atoms with Crippen molar-refractivity contribution >= 4 is 43.0 Å². The largest absolute Gasteiger partial charge is 0.305 e. The summed E-state index contributed by atoms with van der Waals surface area (Å²) in [5.74, 6) is 1.82. The third kappa shape index (κ3) is 5.87. The summed E-state index contributed by atoms with van der Waals surface area (Å²) in [7, 11) is -3.34. The molecule has 160 valence electrons. The van der Waals surface area contributed by atoms with Crippen LogP contribution in [0.15, 0.2) is 53.5 Å². The van der Waals surface area contributed by atoms with E-state index in [1.165, 1.54) is 12.1 Å². The van der Waals surface area contributed by atoms with Gasteiger partial charge in [0.15, 0.2) is 14.6 Å². The van der Waals surface area contributed by atoms with Crippen molar-refractivity contribution in [3.05, 3.63) is 69.0 Å². The van der Waals surface area contributed by atoms with E-state index in [9.17, 15) is 23.3 Å². The van der Waals surface area contributed by atoms with Crippen LogP contribution in [-0.2, 0) is 26.9 Å². The number of carbonyl (C=O) groups is 1. The first kappa shape index (κ1) is 22.4. The molecule has 1 aromatic heterocycles. The summed E-state index contributed by atoms with van der Waals surface area (Å²) in [5, 5.41) is 11.0. The van der Waals surface area contributed by atoms with Gasteiger partial charge in [0, 0.05) is 18.6 Å². The van der Waals surface area contributed by atoms with Crippen molar-refractivity contribution in [1.82, 2.24) is 4.57 Å². The van der Waals surface area contributed by atoms with E-state index in [1.807, 2.05) is 6.07 Å². The van der Waals surface area contributed by atoms with E-state index >= 15 is 0 Å². The molecule has 0 aliphatic heterocycles. The lowest BCUT2D eigenvalue weighted by atomic mass is 10.2. The predicted octanol–water partition coefficient (Wildman–Crippen LogP) is 3.07. The molecule has 1 amide bonds. The number of carbonyl (C=O) groups excluding carboxylic acids is 1. The fourth-order valence-electron chi connectivity index (χ4n) is 3.01. The molecule has 0 saturated carbocycles. The van der Waals surface area contributed by atoms with Crippen LogP contribution in [0.1, 0.15) is 18.4 Å². The number of nitro benzene ring substituents is 1. The molecule has 0 bridgehead atoms. The SMILES string of the molecule is C#CCn1c(=NC(=O)CCCS(=O)(=O)Cc2ccccc2)sc2cc([N+](=O)[O-])ccc21. The number of sulfone groups is 1. The number of hydrogen-bond donors (Lipinski definition) is 0. The zero-order valence-electron chi connectivity index (χ0n) is 16.4. The second-order valence-electron chi connectivity index (χ2n) is 6.77. The van der Waals surface area contributed by atoms with E-state index in [4.69, 9.17) is 6.42 Å². The fraction of sp³-hybridized carbons (Fsp3) is 0.238. The molecule has 0 fully saturated rings. The van der Waals surface area contributed by atoms with Gasteiger partial charge in [-0.2, -0.15) is 4.99 Å². The third-order valence-corrected chi connectivity index (χ3v) is 7.15. The molecule has 10 heteroatoms. The molecule has 31 heavy (non-hydrogen) atoms. The molecule has 0 aliphatic rings. The molecule has 8 nitrogen and oxygen atoms in total. The van der Waals surface area contributed by atoms with Crippen LogP contribution >= 0.6 is 11.3 Å². The average molecular weight is 458 g/mol. The van der Waals surface area contributed by atoms with Gasteiger partial charge in [-0.1, -0.05) is 47.6 Å². The minimum absolute atomic E-state index is 0.0293. The van der Waals surface area contributed by atoms with Crippen LogP contribution in [0.4, 0.5) is 5.69 Å². The summed E-state index contributed by atoms with van der Waals surface area (Å²) in [6, 6.07) is 13.2. The van der Waals surface area contributed by atoms with E-state index in [-0.39, 0.29) is 36.6 Å². The van der Waals surface area contributed by atoms with Gasteiger partial charge in [-0.15, -0.1) is 6.42 Å². The van der Waals surface area contributed by atoms with Crippen LogP contribution in [-0.4, -0.2) is 29.6 Å². The summed E-state index contributed by atoms with van der Waals surface area (Å²) in [5.41, 5.74) is 1.28. The Balaban J connectivity index is 1.73. The van der Waals surface area contributed by atoms with Crippen LogP contribution in [0, 0.1) is 22.5 Å². The number of fused-ring (bicyclic) bond motifs is 1. The molecular formula is C21H19N3O5S2. The smallest absolute Gasteiger partial charge is 0.270 e. The highest BCUT2D eigenvalue weighted by Gasteiger charge is 2.14. The molecule has 0 saturated heterocycles. The highest BCUT2D eigenvalue weighted by molar-refractivity contribution is 7.90. The van der Waals surface area contributed by atoms with Gasteiger partial charge in [0.25, 0.3) is 5.69 Å². The quantitative estimate of drug-likeness (QED) is 0.293. The van der Waals surface area contributed by atoms with Gasteiger partial charge >= 0.3 is 0 Å². The normalized spacial score (nSPS) is 12.0. The van der Waals surface area contributed by atoms with Crippen LogP contribution in [0.25, 0.3) is 10.2 Å². The number of nitrogens with zero attached hydrogens (tertiary/aromatic N) is 3. The highest BCUT2D eigenvalue weighted by Crippen LogP contribution is 2.23. The van der Waals surface area contributed by atoms with Crippen molar-refractivity contribution in [2.24, 2.45) is 4.99 Å². The highest BCUT2D eigenvalue weighted by atomic mass is 32.2. The first-order chi connectivity index (χ1) is 14.8. The van der Waals surface area contributed by atoms with Gasteiger partial charge in [-0.25, -0.2) is 8.42 Å². The molecule has 0 aliphatic carbocycles. The fourth-order valence-corrected chi connectivity index (χ4v) is 5.52. The lowest BCUT2D eigenvalue weighted by Gasteiger charge is -2.03. The zero-order chi connectivity index (χ0) is 22.4. The number of thiazole rings is 1. The third-order valence-electron chi connectivity index (χ3n) is 4.42. The van der Waals surface area contributed by atoms with Crippen LogP contribution in [0.3, 0.4) is 0 Å². The van der Waals surface area contributed by atoms with Crippen molar-refractivity contribution in [3.63, 3.8) is 0 Å². The maximum Gasteiger partial charge on any atom is 0.270 e. The van der Waals surface area contributed by atoms with E-state index in [0.29, 0.717) is 20.6 Å². The Morgan fingerprint density at radius 3 is 2.65 bits per heavy atom. The molecule has 0 spiro atoms. The first-order valence-electron chi connectivity index (χ1n) is 9.32. The number of terminal acetylenes is 1. The number of hydrogen-bond acceptors (Lipinski definition) is 6. The minimum atomic E-state index is -3.34. The number of rotatable bonds is 8. The van der Waals surface area contributed by atoms with Gasteiger partial charge in [-0.05, 0) is 18.1 Å². The summed E-state index contributed by atoms with van der Waals surface area (Å²) in [6.45, 7) is 0.148. The van der Waals surface area contributed by atoms with Crippen molar-refractivity contribution in [2.75, 3.05) is 5.75 Å². The van der Waals surface area contributed by atoms with Crippen LogP contribution in [0.2, 0.25) is 0 Å². The van der Waals surface area contributed by atoms with Gasteiger partial charge in [-0.3, -0.25) is 14.9 Å². The average Bonchev–Trinajstić information content (AvgIpc) is 3.04. The molecule has 0 atom stereocenters. The van der Waals surface area contributed by atoms with Crippen LogP contribution in [0.5, 0.6) is 0 Å². The van der Waals surface area contributed by atoms with Crippen molar-refractivity contribution in [3.8, 4) is 12.3 Å². The lowest BCUT2D eigenvalue weighted by molar-refractivity contribution is -0.384. The van der Waals surface area contributed by atoms with Crippen molar-refractivity contribution in [2.45, 2.75) is 25.1 Å². The topological polar surface area (TPSA) is 112 Å². The van der Waals surface area contributed by atoms with Crippen LogP contribution < -0.4 is 4.80 Å². The summed E-state index contributed by atoms with van der Waals surface area (Å²) >= 11 is 1.12. The van der Waals surface area contributed by atoms with Gasteiger partial charge in [0.1, 0.15) is 0 Å². The minimum Gasteiger partial charge on any atom is -0.305 e. The molecule has 0 radical (unpaired) electrons. The van der Waals surface area contributed by atoms with Crippen molar-refractivity contribution in [1.29, 1.82) is 0 Å². The maximum absolute atomic E-state index is 12.3. The first-order valence-corrected chi connectivity index (χ1v) is 12.0. The molecule has 0 N–H and O–H groups in total. The second kappa shape index (κ2) is 9.68. The second-order valence-corrected chi connectivity index (χ2v) is 9.96. The summed E-state index contributed by atoms with van der Waals surface area (Å²) in [6.07, 6.45) is 5.54. The van der Waals surface area contributed by atoms with E-state index in [2.05, 4.69) is 10.9 Å². The number of aromatic nitrogens is 1. The summed E-state index contributed by atoms with van der Waals surface area (Å²) < 4.78 is 26.7. The standard InChI is InChI=1S/C21H19N3O5S2/c1-2-12-23-18-11-10-17(24(26)27)14-19(18)30-21(23)22-20(25)9-6-13-31(28,29)15-16-7-4-3-5-8-16/h1,3-5,7-8,10-11,14H,6,9,12-13,15H2. The molecular weight excluding hydrogens is 438 g/mol. The Morgan fingerprint density at radius 2 is 1.97 bits per heavy atom. The van der Waals surface area contributed by atoms with Gasteiger partial charge in [0.05, 0.1) is 33.2 Å². The predicted molar refractivity (Wildman–Crippen MR) is 119 cm³/mol. The van der Waals surface area contributed by atoms with E-state index in [1.54, 1.807) is 34.9 Å². The molecule has 0 unspecified atom stereocenters. The monoisotopic (exact) mass is 457 g/mol. The maximum atomic E-state index is 12.3. The van der Waals surface area contributed by atoms with Crippen molar-refractivity contribution < 1.29 is 18.1 Å². The molecule has 1 heterocycles. The van der Waals surface area contributed by atoms with E-state index in [0.717, 1.165) is 11.3 Å². The Labute approximate surface area is 182 Å². The summed E-state index contributed by atoms with van der Waals surface area (Å²) in [4.78, 5) is 27.2. The van der Waals surface area contributed by atoms with Gasteiger partial charge in [0.2, 0.25) is 5.91 Å². The number of nitro groups is 1. The molecule has 2 aromatic carbocycles. The van der Waals surface area contributed by atoms with E-state index < -0.39 is 20.7 Å². The lowest BCUT2D eigenvalue weighted by Crippen LogP contribution is -2.17. The molecule has 3 rings (SSSR count). The zero-order valence-corrected chi connectivity index (χ0v) is 18.1. The Hall–Kier alpha value is -3.29. The Bertz CT molecular complexity index is 1330. The Kier molecular flexibility index (Phi) is 6.99. The Morgan fingerprint density at radius 1 is 1.23 bits per heavy atom.